The highest BCUT2D eigenvalue weighted by atomic mass is 32.2. The molecule has 0 saturated heterocycles. The van der Waals surface area contributed by atoms with Crippen molar-refractivity contribution in [3.63, 3.8) is 0 Å². The van der Waals surface area contributed by atoms with Crippen LogP contribution in [0, 0.1) is 0 Å². The molecule has 0 aromatic heterocycles. The first-order valence-corrected chi connectivity index (χ1v) is 12.5. The molecule has 9 heteroatoms. The average molecular weight is 491 g/mol. The molecule has 2 aromatic rings. The zero-order valence-electron chi connectivity index (χ0n) is 19.7. The van der Waals surface area contributed by atoms with Crippen molar-refractivity contribution in [1.29, 1.82) is 0 Å². The fourth-order valence-electron chi connectivity index (χ4n) is 4.43. The third kappa shape index (κ3) is 4.43. The van der Waals surface area contributed by atoms with Gasteiger partial charge < -0.3 is 14.0 Å². The summed E-state index contributed by atoms with van der Waals surface area (Å²) in [5.41, 5.74) is 2.64. The van der Waals surface area contributed by atoms with Crippen LogP contribution in [0.4, 0.5) is 0 Å². The maximum absolute atomic E-state index is 13.4. The Hall–Kier alpha value is -3.59. The van der Waals surface area contributed by atoms with E-state index in [0.29, 0.717) is 39.3 Å². The van der Waals surface area contributed by atoms with Crippen molar-refractivity contribution in [1.82, 2.24) is 19.3 Å². The molecule has 0 radical (unpaired) electrons. The van der Waals surface area contributed by atoms with Crippen molar-refractivity contribution in [2.45, 2.75) is 37.4 Å². The predicted octanol–water partition coefficient (Wildman–Crippen LogP) is 4.25. The number of nitrogens with zero attached hydrogens (tertiary/aromatic N) is 4. The van der Waals surface area contributed by atoms with Gasteiger partial charge in [-0.15, -0.1) is 5.10 Å². The number of thioether (sulfide) groups is 1. The first-order chi connectivity index (χ1) is 17.1. The Balaban J connectivity index is 1.51. The molecular weight excluding hydrogens is 464 g/mol. The molecular formula is C26H26N4O4S. The first-order valence-electron chi connectivity index (χ1n) is 11.6. The van der Waals surface area contributed by atoms with Gasteiger partial charge in [0.15, 0.2) is 28.3 Å². The van der Waals surface area contributed by atoms with Crippen LogP contribution in [0.5, 0.6) is 11.5 Å². The number of carbonyl (C=O) groups is 1. The number of benzene rings is 2. The quantitative estimate of drug-likeness (QED) is 0.217. The predicted molar refractivity (Wildman–Crippen MR) is 134 cm³/mol. The highest BCUT2D eigenvalue weighted by Crippen LogP contribution is 2.32. The van der Waals surface area contributed by atoms with Gasteiger partial charge in [0.2, 0.25) is 0 Å². The molecule has 0 spiro atoms. The van der Waals surface area contributed by atoms with Crippen molar-refractivity contribution in [3.8, 4) is 28.6 Å². The second-order valence-electron chi connectivity index (χ2n) is 8.34. The SMILES string of the molecule is COc1ccc(C(=O)CSc2nc3nn(-c4ccccc4)c(=O)c-3c3n2CCCCC3)cc1OC. The van der Waals surface area contributed by atoms with Gasteiger partial charge in [-0.25, -0.2) is 4.98 Å². The average Bonchev–Trinajstić information content (AvgIpc) is 3.06. The Kier molecular flexibility index (Phi) is 6.59. The molecule has 0 saturated carbocycles. The summed E-state index contributed by atoms with van der Waals surface area (Å²) in [5.74, 6) is 1.68. The highest BCUT2D eigenvalue weighted by molar-refractivity contribution is 7.99. The molecule has 0 atom stereocenters. The number of Topliss-reactive ketones (excluding diaryl/α,β-unsaturated/α-hetero) is 1. The van der Waals surface area contributed by atoms with Gasteiger partial charge in [-0.3, -0.25) is 9.59 Å². The number of hydrogen-bond donors (Lipinski definition) is 0. The molecule has 0 bridgehead atoms. The van der Waals surface area contributed by atoms with E-state index in [1.165, 1.54) is 16.4 Å². The summed E-state index contributed by atoms with van der Waals surface area (Å²) in [7, 11) is 3.11. The van der Waals surface area contributed by atoms with Crippen LogP contribution >= 0.6 is 11.8 Å². The molecule has 3 heterocycles. The molecule has 3 aliphatic rings. The third-order valence-corrected chi connectivity index (χ3v) is 7.18. The second-order valence-corrected chi connectivity index (χ2v) is 9.28. The van der Waals surface area contributed by atoms with Crippen LogP contribution in [0.2, 0.25) is 0 Å². The number of carbonyl (C=O) groups excluding carboxylic acids is 1. The van der Waals surface area contributed by atoms with Crippen LogP contribution < -0.4 is 15.0 Å². The zero-order valence-corrected chi connectivity index (χ0v) is 20.5. The number of rotatable bonds is 7. The van der Waals surface area contributed by atoms with Crippen molar-refractivity contribution in [3.05, 3.63) is 70.1 Å². The van der Waals surface area contributed by atoms with E-state index in [9.17, 15) is 9.59 Å². The molecule has 0 N–H and O–H groups in total. The maximum atomic E-state index is 13.4. The molecule has 8 nitrogen and oxygen atoms in total. The number of ether oxygens (including phenoxy) is 2. The zero-order chi connectivity index (χ0) is 24.4. The van der Waals surface area contributed by atoms with E-state index in [1.54, 1.807) is 32.4 Å². The molecule has 3 aliphatic heterocycles. The summed E-state index contributed by atoms with van der Waals surface area (Å²) in [6.45, 7) is 0.765. The largest absolute Gasteiger partial charge is 0.493 e. The number of hydrogen-bond acceptors (Lipinski definition) is 7. The van der Waals surface area contributed by atoms with Crippen LogP contribution in [0.1, 0.15) is 35.3 Å². The minimum absolute atomic E-state index is 0.0415. The monoisotopic (exact) mass is 490 g/mol. The fraction of sp³-hybridized carbons (Fsp3) is 0.308. The van der Waals surface area contributed by atoms with Gasteiger partial charge >= 0.3 is 0 Å². The van der Waals surface area contributed by atoms with Gasteiger partial charge in [0.1, 0.15) is 5.56 Å². The van der Waals surface area contributed by atoms with Gasteiger partial charge in [-0.05, 0) is 49.6 Å². The summed E-state index contributed by atoms with van der Waals surface area (Å²) in [4.78, 5) is 31.1. The lowest BCUT2D eigenvalue weighted by atomic mass is 10.1. The standard InChI is InChI=1S/C26H26N4O4S/c1-33-21-13-12-17(15-22(21)34-2)20(31)16-35-26-27-24-23(19-11-7-4-8-14-29(19)26)25(32)30(28-24)18-9-5-3-6-10-18/h3,5-6,9-10,12-13,15H,4,7-8,11,14,16H2,1-2H3. The van der Waals surface area contributed by atoms with E-state index in [-0.39, 0.29) is 17.1 Å². The highest BCUT2D eigenvalue weighted by Gasteiger charge is 2.27. The Morgan fingerprint density at radius 2 is 1.83 bits per heavy atom. The molecule has 35 heavy (non-hydrogen) atoms. The van der Waals surface area contributed by atoms with Gasteiger partial charge in [0.25, 0.3) is 5.56 Å². The number of fused-ring (bicyclic) bond motifs is 3. The summed E-state index contributed by atoms with van der Waals surface area (Å²) < 4.78 is 14.1. The Labute approximate surface area is 207 Å². The lowest BCUT2D eigenvalue weighted by molar-refractivity contribution is 0.102. The molecule has 0 amide bonds. The van der Waals surface area contributed by atoms with Crippen molar-refractivity contribution < 1.29 is 14.3 Å². The van der Waals surface area contributed by atoms with Crippen molar-refractivity contribution >= 4 is 17.5 Å². The van der Waals surface area contributed by atoms with Crippen LogP contribution in [0.25, 0.3) is 17.1 Å². The summed E-state index contributed by atoms with van der Waals surface area (Å²) in [5, 5.41) is 5.27. The number of methoxy groups -OCH3 is 2. The number of ketones is 1. The van der Waals surface area contributed by atoms with Gasteiger partial charge in [-0.1, -0.05) is 36.4 Å². The van der Waals surface area contributed by atoms with Crippen molar-refractivity contribution in [2.24, 2.45) is 0 Å². The Bertz CT molecular complexity index is 1400. The van der Waals surface area contributed by atoms with E-state index in [4.69, 9.17) is 14.5 Å². The Morgan fingerprint density at radius 3 is 2.60 bits per heavy atom. The summed E-state index contributed by atoms with van der Waals surface area (Å²) in [6.07, 6.45) is 3.87. The minimum Gasteiger partial charge on any atom is -0.493 e. The number of aromatic nitrogens is 4. The van der Waals surface area contributed by atoms with E-state index in [2.05, 4.69) is 9.67 Å². The second kappa shape index (κ2) is 9.95. The van der Waals surface area contributed by atoms with Gasteiger partial charge in [-0.2, -0.15) is 4.68 Å². The Morgan fingerprint density at radius 1 is 1.03 bits per heavy atom. The van der Waals surface area contributed by atoms with Crippen LogP contribution in [0.15, 0.2) is 58.5 Å². The van der Waals surface area contributed by atoms with Crippen molar-refractivity contribution in [2.75, 3.05) is 20.0 Å². The molecule has 0 fully saturated rings. The maximum Gasteiger partial charge on any atom is 0.284 e. The molecule has 5 rings (SSSR count). The van der Waals surface area contributed by atoms with E-state index >= 15 is 0 Å². The first kappa shape index (κ1) is 23.2. The number of para-hydroxylation sites is 1. The van der Waals surface area contributed by atoms with Crippen LogP contribution in [0.3, 0.4) is 0 Å². The molecule has 2 aromatic carbocycles. The van der Waals surface area contributed by atoms with Crippen LogP contribution in [-0.2, 0) is 13.0 Å². The van der Waals surface area contributed by atoms with Crippen LogP contribution in [-0.4, -0.2) is 45.1 Å². The van der Waals surface area contributed by atoms with E-state index < -0.39 is 0 Å². The molecule has 180 valence electrons. The summed E-state index contributed by atoms with van der Waals surface area (Å²) in [6, 6.07) is 14.5. The third-order valence-electron chi connectivity index (χ3n) is 6.21. The topological polar surface area (TPSA) is 88.2 Å². The lowest BCUT2D eigenvalue weighted by Gasteiger charge is -2.17. The molecule has 0 unspecified atom stereocenters. The lowest BCUT2D eigenvalue weighted by Crippen LogP contribution is -2.19. The van der Waals surface area contributed by atoms with E-state index in [0.717, 1.165) is 37.9 Å². The summed E-state index contributed by atoms with van der Waals surface area (Å²) >= 11 is 1.38. The van der Waals surface area contributed by atoms with E-state index in [1.807, 2.05) is 30.3 Å². The molecule has 0 aliphatic carbocycles. The smallest absolute Gasteiger partial charge is 0.284 e. The minimum atomic E-state index is -0.151. The van der Waals surface area contributed by atoms with Gasteiger partial charge in [0, 0.05) is 17.8 Å². The van der Waals surface area contributed by atoms with Gasteiger partial charge in [0.05, 0.1) is 25.7 Å². The normalized spacial score (nSPS) is 13.3. The fourth-order valence-corrected chi connectivity index (χ4v) is 5.37.